The molecule has 5 heteroatoms. The van der Waals surface area contributed by atoms with Crippen molar-refractivity contribution in [1.82, 2.24) is 15.3 Å². The summed E-state index contributed by atoms with van der Waals surface area (Å²) in [5.74, 6) is -0.136. The van der Waals surface area contributed by atoms with E-state index in [-0.39, 0.29) is 5.91 Å². The van der Waals surface area contributed by atoms with Gasteiger partial charge < -0.3 is 10.6 Å². The number of carbonyl (C=O) groups is 1. The number of nitrogens with one attached hydrogen (secondary N) is 2. The summed E-state index contributed by atoms with van der Waals surface area (Å²) >= 11 is 0. The lowest BCUT2D eigenvalue weighted by atomic mass is 10.2. The highest BCUT2D eigenvalue weighted by atomic mass is 16.1. The number of anilines is 1. The smallest absolute Gasteiger partial charge is 0.253 e. The molecule has 0 spiro atoms. The Balaban J connectivity index is 1.61. The lowest BCUT2D eigenvalue weighted by molar-refractivity contribution is 0.0950. The number of aromatic nitrogens is 2. The fraction of sp³-hybridized carbons (Fsp3) is 0.267. The first kappa shape index (κ1) is 12.6. The molecule has 0 atom stereocenters. The highest BCUT2D eigenvalue weighted by Gasteiger charge is 2.21. The molecule has 2 heterocycles. The predicted molar refractivity (Wildman–Crippen MR) is 76.3 cm³/mol. The number of hydrogen-bond acceptors (Lipinski definition) is 4. The Bertz CT molecular complexity index is 596. The third-order valence-corrected chi connectivity index (χ3v) is 3.10. The van der Waals surface area contributed by atoms with Crippen LogP contribution in [0.1, 0.15) is 28.9 Å². The van der Waals surface area contributed by atoms with Crippen LogP contribution in [0.4, 0.5) is 5.69 Å². The van der Waals surface area contributed by atoms with Crippen LogP contribution in [0.5, 0.6) is 0 Å². The number of amides is 1. The molecule has 2 N–H and O–H groups in total. The Kier molecular flexibility index (Phi) is 3.58. The van der Waals surface area contributed by atoms with Crippen molar-refractivity contribution in [3.8, 4) is 0 Å². The van der Waals surface area contributed by atoms with Crippen LogP contribution in [-0.4, -0.2) is 21.9 Å². The van der Waals surface area contributed by atoms with Crippen LogP contribution in [0.25, 0.3) is 0 Å². The van der Waals surface area contributed by atoms with Crippen LogP contribution >= 0.6 is 0 Å². The largest absolute Gasteiger partial charge is 0.381 e. The molecule has 1 fully saturated rings. The average Bonchev–Trinajstić information content (AvgIpc) is 3.30. The van der Waals surface area contributed by atoms with E-state index in [9.17, 15) is 4.79 Å². The maximum atomic E-state index is 12.1. The van der Waals surface area contributed by atoms with Gasteiger partial charge in [0.25, 0.3) is 5.91 Å². The minimum absolute atomic E-state index is 0.136. The minimum atomic E-state index is -0.136. The van der Waals surface area contributed by atoms with E-state index in [2.05, 4.69) is 20.6 Å². The van der Waals surface area contributed by atoms with Crippen molar-refractivity contribution in [3.05, 3.63) is 54.1 Å². The maximum absolute atomic E-state index is 12.1. The molecule has 1 aliphatic carbocycles. The van der Waals surface area contributed by atoms with Crippen molar-refractivity contribution in [2.24, 2.45) is 0 Å². The van der Waals surface area contributed by atoms with E-state index in [0.717, 1.165) is 11.4 Å². The lowest BCUT2D eigenvalue weighted by Crippen LogP contribution is -2.23. The van der Waals surface area contributed by atoms with Gasteiger partial charge in [0.1, 0.15) is 0 Å². The fourth-order valence-corrected chi connectivity index (χ4v) is 1.88. The number of rotatable bonds is 5. The Morgan fingerprint density at radius 1 is 1.30 bits per heavy atom. The monoisotopic (exact) mass is 268 g/mol. The van der Waals surface area contributed by atoms with Crippen molar-refractivity contribution < 1.29 is 4.79 Å². The molecule has 0 radical (unpaired) electrons. The molecule has 2 aromatic heterocycles. The van der Waals surface area contributed by atoms with Crippen LogP contribution < -0.4 is 10.6 Å². The Morgan fingerprint density at radius 3 is 2.95 bits per heavy atom. The van der Waals surface area contributed by atoms with E-state index in [4.69, 9.17) is 0 Å². The van der Waals surface area contributed by atoms with Crippen LogP contribution in [0.2, 0.25) is 0 Å². The van der Waals surface area contributed by atoms with E-state index in [1.165, 1.54) is 12.8 Å². The van der Waals surface area contributed by atoms with Gasteiger partial charge in [-0.15, -0.1) is 0 Å². The molecular formula is C15H16N4O. The summed E-state index contributed by atoms with van der Waals surface area (Å²) in [6.45, 7) is 0.417. The minimum Gasteiger partial charge on any atom is -0.381 e. The first-order valence-corrected chi connectivity index (χ1v) is 6.71. The molecule has 5 nitrogen and oxygen atoms in total. The topological polar surface area (TPSA) is 66.9 Å². The molecule has 20 heavy (non-hydrogen) atoms. The normalized spacial score (nSPS) is 13.8. The summed E-state index contributed by atoms with van der Waals surface area (Å²) in [7, 11) is 0. The summed E-state index contributed by atoms with van der Waals surface area (Å²) in [4.78, 5) is 20.3. The predicted octanol–water partition coefficient (Wildman–Crippen LogP) is 1.98. The molecule has 102 valence electrons. The number of carbonyl (C=O) groups excluding carboxylic acids is 1. The summed E-state index contributed by atoms with van der Waals surface area (Å²) in [6.07, 6.45) is 7.41. The number of pyridine rings is 2. The molecular weight excluding hydrogens is 252 g/mol. The Labute approximate surface area is 117 Å². The summed E-state index contributed by atoms with van der Waals surface area (Å²) in [6, 6.07) is 8.00. The number of hydrogen-bond donors (Lipinski definition) is 2. The van der Waals surface area contributed by atoms with Gasteiger partial charge in [-0.25, -0.2) is 0 Å². The fourth-order valence-electron chi connectivity index (χ4n) is 1.88. The van der Waals surface area contributed by atoms with Gasteiger partial charge in [0.05, 0.1) is 23.5 Å². The van der Waals surface area contributed by atoms with E-state index in [0.29, 0.717) is 18.2 Å². The van der Waals surface area contributed by atoms with Gasteiger partial charge in [0.2, 0.25) is 0 Å². The highest BCUT2D eigenvalue weighted by Crippen LogP contribution is 2.24. The van der Waals surface area contributed by atoms with Crippen molar-refractivity contribution in [2.75, 3.05) is 5.32 Å². The quantitative estimate of drug-likeness (QED) is 0.870. The molecule has 1 amide bonds. The second-order valence-electron chi connectivity index (χ2n) is 4.88. The van der Waals surface area contributed by atoms with Gasteiger partial charge in [0, 0.05) is 24.6 Å². The molecule has 1 saturated carbocycles. The third-order valence-electron chi connectivity index (χ3n) is 3.10. The molecule has 2 aromatic rings. The zero-order chi connectivity index (χ0) is 13.8. The van der Waals surface area contributed by atoms with Crippen LogP contribution in [0, 0.1) is 0 Å². The Hall–Kier alpha value is -2.43. The second-order valence-corrected chi connectivity index (χ2v) is 4.88. The molecule has 0 saturated heterocycles. The first-order valence-electron chi connectivity index (χ1n) is 6.71. The first-order chi connectivity index (χ1) is 9.81. The Morgan fingerprint density at radius 2 is 2.20 bits per heavy atom. The lowest BCUT2D eigenvalue weighted by Gasteiger charge is -2.07. The van der Waals surface area contributed by atoms with Gasteiger partial charge in [0.15, 0.2) is 0 Å². The molecule has 0 bridgehead atoms. The van der Waals surface area contributed by atoms with Gasteiger partial charge >= 0.3 is 0 Å². The molecule has 0 unspecified atom stereocenters. The van der Waals surface area contributed by atoms with Crippen molar-refractivity contribution in [3.63, 3.8) is 0 Å². The van der Waals surface area contributed by atoms with E-state index in [1.54, 1.807) is 18.6 Å². The van der Waals surface area contributed by atoms with Crippen LogP contribution in [0.15, 0.2) is 42.9 Å². The molecule has 1 aliphatic rings. The molecule has 0 aliphatic heterocycles. The van der Waals surface area contributed by atoms with E-state index >= 15 is 0 Å². The van der Waals surface area contributed by atoms with Gasteiger partial charge in [-0.2, -0.15) is 0 Å². The summed E-state index contributed by atoms with van der Waals surface area (Å²) in [5.41, 5.74) is 2.30. The third kappa shape index (κ3) is 3.32. The van der Waals surface area contributed by atoms with Crippen LogP contribution in [0.3, 0.4) is 0 Å². The number of nitrogens with zero attached hydrogens (tertiary/aromatic N) is 2. The summed E-state index contributed by atoms with van der Waals surface area (Å²) in [5, 5.41) is 6.17. The van der Waals surface area contributed by atoms with Gasteiger partial charge in [-0.1, -0.05) is 6.07 Å². The zero-order valence-electron chi connectivity index (χ0n) is 11.0. The van der Waals surface area contributed by atoms with E-state index in [1.807, 2.05) is 24.3 Å². The van der Waals surface area contributed by atoms with Crippen molar-refractivity contribution in [1.29, 1.82) is 0 Å². The molecule has 3 rings (SSSR count). The summed E-state index contributed by atoms with van der Waals surface area (Å²) < 4.78 is 0. The maximum Gasteiger partial charge on any atom is 0.253 e. The van der Waals surface area contributed by atoms with Gasteiger partial charge in [-0.05, 0) is 31.0 Å². The van der Waals surface area contributed by atoms with Crippen molar-refractivity contribution >= 4 is 11.6 Å². The van der Waals surface area contributed by atoms with E-state index < -0.39 is 0 Å². The zero-order valence-corrected chi connectivity index (χ0v) is 11.0. The van der Waals surface area contributed by atoms with Crippen LogP contribution in [-0.2, 0) is 6.54 Å². The highest BCUT2D eigenvalue weighted by molar-refractivity contribution is 5.94. The SMILES string of the molecule is O=C(NCc1ccccn1)c1cncc(NC2CC2)c1. The standard InChI is InChI=1S/C15H16N4O/c20-15(18-10-13-3-1-2-6-17-13)11-7-14(9-16-8-11)19-12-4-5-12/h1-3,6-9,12,19H,4-5,10H2,(H,18,20). The average molecular weight is 268 g/mol. The molecule has 0 aromatic carbocycles. The second kappa shape index (κ2) is 5.69. The van der Waals surface area contributed by atoms with Crippen molar-refractivity contribution in [2.45, 2.75) is 25.4 Å². The van der Waals surface area contributed by atoms with Gasteiger partial charge in [-0.3, -0.25) is 14.8 Å².